The summed E-state index contributed by atoms with van der Waals surface area (Å²) in [6.07, 6.45) is 2.05. The summed E-state index contributed by atoms with van der Waals surface area (Å²) >= 11 is 1.63. The van der Waals surface area contributed by atoms with E-state index < -0.39 is 9.84 Å². The minimum absolute atomic E-state index is 0.0189. The van der Waals surface area contributed by atoms with E-state index in [-0.39, 0.29) is 11.3 Å². The second-order valence-electron chi connectivity index (χ2n) is 3.77. The fraction of sp³-hybridized carbons (Fsp3) is 0.600. The van der Waals surface area contributed by atoms with Gasteiger partial charge in [-0.3, -0.25) is 0 Å². The van der Waals surface area contributed by atoms with Gasteiger partial charge < -0.3 is 5.32 Å². The van der Waals surface area contributed by atoms with Crippen LogP contribution < -0.4 is 5.32 Å². The van der Waals surface area contributed by atoms with Gasteiger partial charge in [0.1, 0.15) is 0 Å². The maximum absolute atomic E-state index is 11.4. The Labute approximate surface area is 95.4 Å². The minimum atomic E-state index is -2.98. The first-order valence-corrected chi connectivity index (χ1v) is 7.72. The Kier molecular flexibility index (Phi) is 4.31. The summed E-state index contributed by atoms with van der Waals surface area (Å²) in [5.41, 5.74) is 1.19. The van der Waals surface area contributed by atoms with E-state index in [9.17, 15) is 8.42 Å². The smallest absolute Gasteiger partial charge is 0.151 e. The van der Waals surface area contributed by atoms with E-state index in [0.29, 0.717) is 0 Å². The van der Waals surface area contributed by atoms with Gasteiger partial charge in [-0.25, -0.2) is 8.42 Å². The standard InChI is InChI=1S/C10H17NO2S2/c1-8(15(3,12)13)10(11-2)6-9-4-5-14-7-9/h4-5,7-8,10-11H,6H2,1-3H3. The van der Waals surface area contributed by atoms with Crippen LogP contribution in [0, 0.1) is 0 Å². The van der Waals surface area contributed by atoms with Crippen LogP contribution in [0.25, 0.3) is 0 Å². The van der Waals surface area contributed by atoms with Crippen LogP contribution in [0.3, 0.4) is 0 Å². The van der Waals surface area contributed by atoms with Gasteiger partial charge in [0.25, 0.3) is 0 Å². The first-order valence-electron chi connectivity index (χ1n) is 4.82. The summed E-state index contributed by atoms with van der Waals surface area (Å²) in [4.78, 5) is 0. The molecule has 0 aliphatic rings. The normalized spacial score (nSPS) is 16.2. The Balaban J connectivity index is 2.73. The SMILES string of the molecule is CNC(Cc1ccsc1)C(C)S(C)(=O)=O. The molecule has 86 valence electrons. The number of thiophene rings is 1. The molecule has 1 heterocycles. The zero-order valence-electron chi connectivity index (χ0n) is 9.23. The number of sulfone groups is 1. The van der Waals surface area contributed by atoms with Crippen LogP contribution in [-0.2, 0) is 16.3 Å². The summed E-state index contributed by atoms with van der Waals surface area (Å²) in [6.45, 7) is 1.75. The highest BCUT2D eigenvalue weighted by Crippen LogP contribution is 2.13. The van der Waals surface area contributed by atoms with Crippen LogP contribution in [0.2, 0.25) is 0 Å². The van der Waals surface area contributed by atoms with Crippen molar-refractivity contribution in [1.82, 2.24) is 5.32 Å². The van der Waals surface area contributed by atoms with Crippen LogP contribution in [0.5, 0.6) is 0 Å². The monoisotopic (exact) mass is 247 g/mol. The molecule has 0 aliphatic carbocycles. The van der Waals surface area contributed by atoms with Crippen molar-refractivity contribution >= 4 is 21.2 Å². The summed E-state index contributed by atoms with van der Waals surface area (Å²) in [7, 11) is -1.17. The predicted molar refractivity (Wildman–Crippen MR) is 65.2 cm³/mol. The van der Waals surface area contributed by atoms with Crippen LogP contribution in [0.4, 0.5) is 0 Å². The molecule has 2 atom stereocenters. The Morgan fingerprint density at radius 1 is 1.53 bits per heavy atom. The van der Waals surface area contributed by atoms with Crippen LogP contribution >= 0.6 is 11.3 Å². The molecule has 0 radical (unpaired) electrons. The van der Waals surface area contributed by atoms with Gasteiger partial charge in [-0.15, -0.1) is 0 Å². The molecule has 1 rings (SSSR count). The molecule has 0 amide bonds. The molecule has 3 nitrogen and oxygen atoms in total. The number of likely N-dealkylation sites (N-methyl/N-ethyl adjacent to an activating group) is 1. The van der Waals surface area contributed by atoms with Crippen molar-refractivity contribution in [2.45, 2.75) is 24.6 Å². The van der Waals surface area contributed by atoms with E-state index in [0.717, 1.165) is 6.42 Å². The number of hydrogen-bond donors (Lipinski definition) is 1. The molecule has 1 aromatic heterocycles. The summed E-state index contributed by atoms with van der Waals surface area (Å²) in [5.74, 6) is 0. The van der Waals surface area contributed by atoms with Gasteiger partial charge in [0.05, 0.1) is 5.25 Å². The van der Waals surface area contributed by atoms with Crippen LogP contribution in [0.15, 0.2) is 16.8 Å². The lowest BCUT2D eigenvalue weighted by atomic mass is 10.1. The molecule has 1 aromatic rings. The van der Waals surface area contributed by atoms with E-state index in [1.807, 2.05) is 11.4 Å². The molecule has 1 N–H and O–H groups in total. The largest absolute Gasteiger partial charge is 0.315 e. The molecule has 0 aliphatic heterocycles. The third kappa shape index (κ3) is 3.59. The van der Waals surface area contributed by atoms with Gasteiger partial charge in [-0.05, 0) is 42.8 Å². The van der Waals surface area contributed by atoms with Crippen molar-refractivity contribution in [1.29, 1.82) is 0 Å². The van der Waals surface area contributed by atoms with Gasteiger partial charge >= 0.3 is 0 Å². The second kappa shape index (κ2) is 5.09. The first kappa shape index (κ1) is 12.7. The van der Waals surface area contributed by atoms with E-state index in [4.69, 9.17) is 0 Å². The Morgan fingerprint density at radius 3 is 2.60 bits per heavy atom. The number of nitrogens with one attached hydrogen (secondary N) is 1. The lowest BCUT2D eigenvalue weighted by Gasteiger charge is -2.21. The van der Waals surface area contributed by atoms with Gasteiger partial charge in [0, 0.05) is 12.3 Å². The number of rotatable bonds is 5. The number of hydrogen-bond acceptors (Lipinski definition) is 4. The van der Waals surface area contributed by atoms with Crippen molar-refractivity contribution < 1.29 is 8.42 Å². The Morgan fingerprint density at radius 2 is 2.20 bits per heavy atom. The minimum Gasteiger partial charge on any atom is -0.315 e. The average molecular weight is 247 g/mol. The molecule has 0 spiro atoms. The van der Waals surface area contributed by atoms with E-state index in [1.165, 1.54) is 11.8 Å². The maximum Gasteiger partial charge on any atom is 0.151 e. The molecular weight excluding hydrogens is 230 g/mol. The first-order chi connectivity index (χ1) is 6.95. The molecule has 0 saturated heterocycles. The maximum atomic E-state index is 11.4. The molecule has 0 fully saturated rings. The Bertz CT molecular complexity index is 384. The fourth-order valence-electron chi connectivity index (χ4n) is 1.46. The topological polar surface area (TPSA) is 46.2 Å². The fourth-order valence-corrected chi connectivity index (χ4v) is 2.97. The zero-order chi connectivity index (χ0) is 11.5. The van der Waals surface area contributed by atoms with Crippen LogP contribution in [-0.4, -0.2) is 33.0 Å². The van der Waals surface area contributed by atoms with E-state index in [1.54, 1.807) is 25.3 Å². The average Bonchev–Trinajstić information content (AvgIpc) is 2.64. The van der Waals surface area contributed by atoms with Gasteiger partial charge in [0.2, 0.25) is 0 Å². The summed E-state index contributed by atoms with van der Waals surface area (Å²) in [5, 5.41) is 6.78. The third-order valence-corrected chi connectivity index (χ3v) is 5.06. The molecule has 15 heavy (non-hydrogen) atoms. The lowest BCUT2D eigenvalue weighted by molar-refractivity contribution is 0.517. The molecule has 0 aromatic carbocycles. The van der Waals surface area contributed by atoms with Gasteiger partial charge in [-0.1, -0.05) is 0 Å². The molecule has 2 unspecified atom stereocenters. The molecule has 0 bridgehead atoms. The van der Waals surface area contributed by atoms with E-state index in [2.05, 4.69) is 10.7 Å². The van der Waals surface area contributed by atoms with Gasteiger partial charge in [-0.2, -0.15) is 11.3 Å². The zero-order valence-corrected chi connectivity index (χ0v) is 10.9. The van der Waals surface area contributed by atoms with Crippen molar-refractivity contribution in [3.63, 3.8) is 0 Å². The highest BCUT2D eigenvalue weighted by molar-refractivity contribution is 7.91. The molecular formula is C10H17NO2S2. The third-order valence-electron chi connectivity index (χ3n) is 2.65. The van der Waals surface area contributed by atoms with Crippen molar-refractivity contribution in [3.8, 4) is 0 Å². The highest BCUT2D eigenvalue weighted by Gasteiger charge is 2.24. The molecule has 5 heteroatoms. The summed E-state index contributed by atoms with van der Waals surface area (Å²) < 4.78 is 22.8. The van der Waals surface area contributed by atoms with Crippen molar-refractivity contribution in [2.75, 3.05) is 13.3 Å². The highest BCUT2D eigenvalue weighted by atomic mass is 32.2. The molecule has 0 saturated carbocycles. The Hall–Kier alpha value is -0.390. The van der Waals surface area contributed by atoms with E-state index >= 15 is 0 Å². The quantitative estimate of drug-likeness (QED) is 0.853. The second-order valence-corrected chi connectivity index (χ2v) is 6.95. The summed E-state index contributed by atoms with van der Waals surface area (Å²) in [6, 6.07) is 2.01. The van der Waals surface area contributed by atoms with Crippen molar-refractivity contribution in [3.05, 3.63) is 22.4 Å². The van der Waals surface area contributed by atoms with Crippen molar-refractivity contribution in [2.24, 2.45) is 0 Å². The van der Waals surface area contributed by atoms with Crippen LogP contribution in [0.1, 0.15) is 12.5 Å². The lowest BCUT2D eigenvalue weighted by Crippen LogP contribution is -2.41. The van der Waals surface area contributed by atoms with Gasteiger partial charge in [0.15, 0.2) is 9.84 Å². The predicted octanol–water partition coefficient (Wildman–Crippen LogP) is 1.31.